The highest BCUT2D eigenvalue weighted by atomic mass is 15.3. The molecule has 2 aromatic rings. The van der Waals surface area contributed by atoms with Crippen molar-refractivity contribution in [2.75, 3.05) is 10.7 Å². The zero-order valence-electron chi connectivity index (χ0n) is 12.3. The molecular formula is C13H21N7. The van der Waals surface area contributed by atoms with Gasteiger partial charge in [-0.3, -0.25) is 0 Å². The van der Waals surface area contributed by atoms with Crippen molar-refractivity contribution in [2.45, 2.75) is 32.7 Å². The van der Waals surface area contributed by atoms with Crippen LogP contribution in [-0.4, -0.2) is 19.5 Å². The number of hydrogen-bond acceptors (Lipinski definition) is 6. The molecule has 0 aromatic carbocycles. The molecule has 2 aromatic heterocycles. The number of nitrogens with two attached hydrogens (primary N) is 1. The minimum absolute atomic E-state index is 0.146. The lowest BCUT2D eigenvalue weighted by atomic mass is 9.96. The third-order valence-corrected chi connectivity index (χ3v) is 2.89. The molecule has 0 saturated carbocycles. The maximum Gasteiger partial charge on any atom is 0.145 e. The van der Waals surface area contributed by atoms with E-state index < -0.39 is 0 Å². The normalized spacial score (nSPS) is 11.4. The van der Waals surface area contributed by atoms with Crippen LogP contribution in [0.3, 0.4) is 0 Å². The zero-order chi connectivity index (χ0) is 14.8. The lowest BCUT2D eigenvalue weighted by Crippen LogP contribution is -2.20. The zero-order valence-corrected chi connectivity index (χ0v) is 12.3. The summed E-state index contributed by atoms with van der Waals surface area (Å²) in [5.41, 5.74) is 2.43. The molecule has 0 saturated heterocycles. The molecule has 2 heterocycles. The van der Waals surface area contributed by atoms with E-state index in [0.29, 0.717) is 12.4 Å². The van der Waals surface area contributed by atoms with E-state index in [1.807, 2.05) is 17.8 Å². The fraction of sp³-hybridized carbons (Fsp3) is 0.462. The van der Waals surface area contributed by atoms with Gasteiger partial charge in [-0.1, -0.05) is 20.8 Å². The minimum atomic E-state index is -0.146. The topological polar surface area (TPSA) is 93.7 Å². The first-order valence-electron chi connectivity index (χ1n) is 6.46. The van der Waals surface area contributed by atoms with Crippen molar-refractivity contribution in [3.63, 3.8) is 0 Å². The summed E-state index contributed by atoms with van der Waals surface area (Å²) in [6.07, 6.45) is 3.68. The van der Waals surface area contributed by atoms with E-state index in [0.717, 1.165) is 17.5 Å². The van der Waals surface area contributed by atoms with Crippen molar-refractivity contribution in [1.29, 1.82) is 0 Å². The van der Waals surface area contributed by atoms with Crippen molar-refractivity contribution >= 4 is 11.6 Å². The molecule has 0 unspecified atom stereocenters. The number of nitrogens with zero attached hydrogens (tertiary/aromatic N) is 4. The molecule has 0 amide bonds. The predicted octanol–water partition coefficient (Wildman–Crippen LogP) is 1.41. The Morgan fingerprint density at radius 2 is 1.95 bits per heavy atom. The number of aryl methyl sites for hydroxylation is 1. The first-order chi connectivity index (χ1) is 9.40. The first kappa shape index (κ1) is 14.3. The highest BCUT2D eigenvalue weighted by molar-refractivity contribution is 5.47. The van der Waals surface area contributed by atoms with Gasteiger partial charge in [0.2, 0.25) is 0 Å². The van der Waals surface area contributed by atoms with Gasteiger partial charge in [-0.25, -0.2) is 20.8 Å². The van der Waals surface area contributed by atoms with E-state index in [-0.39, 0.29) is 5.41 Å². The molecule has 108 valence electrons. The van der Waals surface area contributed by atoms with Crippen LogP contribution < -0.4 is 16.6 Å². The van der Waals surface area contributed by atoms with Gasteiger partial charge in [0.25, 0.3) is 0 Å². The monoisotopic (exact) mass is 275 g/mol. The number of anilines is 2. The Balaban J connectivity index is 2.21. The van der Waals surface area contributed by atoms with Crippen molar-refractivity contribution in [1.82, 2.24) is 19.5 Å². The van der Waals surface area contributed by atoms with Crippen LogP contribution in [0.4, 0.5) is 11.6 Å². The van der Waals surface area contributed by atoms with Gasteiger partial charge in [-0.15, -0.1) is 0 Å². The Morgan fingerprint density at radius 3 is 2.50 bits per heavy atom. The maximum absolute atomic E-state index is 5.46. The van der Waals surface area contributed by atoms with Crippen LogP contribution in [0, 0.1) is 0 Å². The van der Waals surface area contributed by atoms with Gasteiger partial charge >= 0.3 is 0 Å². The van der Waals surface area contributed by atoms with Gasteiger partial charge in [-0.2, -0.15) is 0 Å². The summed E-state index contributed by atoms with van der Waals surface area (Å²) in [6.45, 7) is 6.77. The average molecular weight is 275 g/mol. The van der Waals surface area contributed by atoms with Gasteiger partial charge in [-0.05, 0) is 0 Å². The van der Waals surface area contributed by atoms with Gasteiger partial charge < -0.3 is 15.3 Å². The van der Waals surface area contributed by atoms with Gasteiger partial charge in [0.05, 0.1) is 6.54 Å². The summed E-state index contributed by atoms with van der Waals surface area (Å²) in [4.78, 5) is 13.2. The van der Waals surface area contributed by atoms with E-state index >= 15 is 0 Å². The van der Waals surface area contributed by atoms with E-state index in [9.17, 15) is 0 Å². The predicted molar refractivity (Wildman–Crippen MR) is 79.1 cm³/mol. The van der Waals surface area contributed by atoms with Crippen LogP contribution in [0.1, 0.15) is 32.4 Å². The van der Waals surface area contributed by atoms with Crippen molar-refractivity contribution < 1.29 is 0 Å². The third-order valence-electron chi connectivity index (χ3n) is 2.89. The number of nitrogen functional groups attached to an aromatic ring is 1. The van der Waals surface area contributed by atoms with Crippen LogP contribution in [-0.2, 0) is 19.0 Å². The highest BCUT2D eigenvalue weighted by Gasteiger charge is 2.19. The molecule has 7 nitrogen and oxygen atoms in total. The van der Waals surface area contributed by atoms with Crippen molar-refractivity contribution in [3.8, 4) is 0 Å². The highest BCUT2D eigenvalue weighted by Crippen LogP contribution is 2.22. The summed E-state index contributed by atoms with van der Waals surface area (Å²) in [5, 5.41) is 3.25. The molecule has 4 N–H and O–H groups in total. The number of nitrogens with one attached hydrogen (secondary N) is 2. The Kier molecular flexibility index (Phi) is 3.89. The van der Waals surface area contributed by atoms with Crippen LogP contribution >= 0.6 is 0 Å². The molecule has 0 aliphatic heterocycles. The van der Waals surface area contributed by atoms with Gasteiger partial charge in [0, 0.05) is 30.9 Å². The molecule has 0 spiro atoms. The Bertz CT molecular complexity index is 583. The Hall–Kier alpha value is -2.15. The maximum atomic E-state index is 5.46. The fourth-order valence-corrected chi connectivity index (χ4v) is 1.68. The van der Waals surface area contributed by atoms with Crippen molar-refractivity contribution in [2.24, 2.45) is 12.9 Å². The van der Waals surface area contributed by atoms with E-state index in [4.69, 9.17) is 5.84 Å². The molecule has 0 aliphatic rings. The standard InChI is InChI=1S/C13H21N7/c1-13(2,3)12-17-9(7-10(18-12)19-14)16-8-11-15-5-6-20(11)4/h5-7H,8,14H2,1-4H3,(H2,16,17,18,19). The van der Waals surface area contributed by atoms with Crippen LogP contribution in [0.5, 0.6) is 0 Å². The molecule has 0 fully saturated rings. The lowest BCUT2D eigenvalue weighted by molar-refractivity contribution is 0.546. The fourth-order valence-electron chi connectivity index (χ4n) is 1.68. The second kappa shape index (κ2) is 5.46. The quantitative estimate of drug-likeness (QED) is 0.577. The average Bonchev–Trinajstić information content (AvgIpc) is 2.80. The molecule has 0 radical (unpaired) electrons. The first-order valence-corrected chi connectivity index (χ1v) is 6.46. The van der Waals surface area contributed by atoms with Gasteiger partial charge in [0.1, 0.15) is 23.3 Å². The SMILES string of the molecule is Cn1ccnc1CNc1cc(NN)nc(C(C)(C)C)n1. The van der Waals surface area contributed by atoms with E-state index in [1.54, 1.807) is 12.3 Å². The Morgan fingerprint density at radius 1 is 1.25 bits per heavy atom. The smallest absolute Gasteiger partial charge is 0.145 e. The summed E-state index contributed by atoms with van der Waals surface area (Å²) in [6, 6.07) is 1.78. The summed E-state index contributed by atoms with van der Waals surface area (Å²) < 4.78 is 1.96. The van der Waals surface area contributed by atoms with Crippen molar-refractivity contribution in [3.05, 3.63) is 30.1 Å². The van der Waals surface area contributed by atoms with Crippen LogP contribution in [0.2, 0.25) is 0 Å². The lowest BCUT2D eigenvalue weighted by Gasteiger charge is -2.18. The molecule has 0 aliphatic carbocycles. The number of aromatic nitrogens is 4. The van der Waals surface area contributed by atoms with Crippen LogP contribution in [0.15, 0.2) is 18.5 Å². The Labute approximate surface area is 118 Å². The number of rotatable bonds is 4. The summed E-state index contributed by atoms with van der Waals surface area (Å²) in [7, 11) is 1.96. The molecule has 0 atom stereocenters. The second-order valence-corrected chi connectivity index (χ2v) is 5.66. The number of hydrazine groups is 1. The molecule has 20 heavy (non-hydrogen) atoms. The van der Waals surface area contributed by atoms with E-state index in [1.165, 1.54) is 0 Å². The third kappa shape index (κ3) is 3.24. The van der Waals surface area contributed by atoms with Gasteiger partial charge in [0.15, 0.2) is 0 Å². The molecular weight excluding hydrogens is 254 g/mol. The summed E-state index contributed by atoms with van der Waals surface area (Å²) in [5.74, 6) is 8.44. The molecule has 2 rings (SSSR count). The van der Waals surface area contributed by atoms with E-state index in [2.05, 4.69) is 46.5 Å². The van der Waals surface area contributed by atoms with Crippen LogP contribution in [0.25, 0.3) is 0 Å². The largest absolute Gasteiger partial charge is 0.363 e. The number of hydrogen-bond donors (Lipinski definition) is 3. The summed E-state index contributed by atoms with van der Waals surface area (Å²) >= 11 is 0. The molecule has 0 bridgehead atoms. The minimum Gasteiger partial charge on any atom is -0.363 e. The number of imidazole rings is 1. The second-order valence-electron chi connectivity index (χ2n) is 5.66. The molecule has 7 heteroatoms.